The van der Waals surface area contributed by atoms with Gasteiger partial charge in [0.2, 0.25) is 0 Å². The van der Waals surface area contributed by atoms with E-state index >= 15 is 0 Å². The van der Waals surface area contributed by atoms with E-state index in [0.29, 0.717) is 5.69 Å². The predicted octanol–water partition coefficient (Wildman–Crippen LogP) is 3.59. The van der Waals surface area contributed by atoms with E-state index in [4.69, 9.17) is 11.6 Å². The number of hydrogen-bond acceptors (Lipinski definition) is 4. The van der Waals surface area contributed by atoms with Gasteiger partial charge in [-0.1, -0.05) is 17.7 Å². The summed E-state index contributed by atoms with van der Waals surface area (Å²) in [5, 5.41) is 14.2. The van der Waals surface area contributed by atoms with Gasteiger partial charge in [-0.25, -0.2) is 4.79 Å². The Bertz CT molecular complexity index is 947. The maximum Gasteiger partial charge on any atom is 0.323 e. The van der Waals surface area contributed by atoms with Crippen LogP contribution in [0.3, 0.4) is 0 Å². The molecule has 0 bridgehead atoms. The molecule has 1 atom stereocenters. The standard InChI is InChI=1S/C15H13ClN4O3/c1-8(9-2-4-13-14(6-9)19-15(21)18-13)17-12-5-3-10(20(22)23)7-11(12)16/h2-8,17H,1H3,(H2,18,19,21)/t8-/m1/s1. The van der Waals surface area contributed by atoms with Gasteiger partial charge in [0.05, 0.1) is 26.7 Å². The van der Waals surface area contributed by atoms with Crippen LogP contribution >= 0.6 is 11.6 Å². The second kappa shape index (κ2) is 5.77. The zero-order valence-electron chi connectivity index (χ0n) is 12.1. The Hall–Kier alpha value is -2.80. The first-order valence-corrected chi connectivity index (χ1v) is 7.24. The van der Waals surface area contributed by atoms with E-state index < -0.39 is 4.92 Å². The first-order valence-electron chi connectivity index (χ1n) is 6.86. The van der Waals surface area contributed by atoms with E-state index in [0.717, 1.165) is 16.6 Å². The van der Waals surface area contributed by atoms with Gasteiger partial charge in [-0.05, 0) is 30.7 Å². The highest BCUT2D eigenvalue weighted by atomic mass is 35.5. The number of nitrogens with one attached hydrogen (secondary N) is 3. The third-order valence-corrected chi connectivity index (χ3v) is 3.89. The van der Waals surface area contributed by atoms with Crippen LogP contribution in [-0.2, 0) is 0 Å². The van der Waals surface area contributed by atoms with E-state index in [9.17, 15) is 14.9 Å². The zero-order valence-corrected chi connectivity index (χ0v) is 12.8. The Morgan fingerprint density at radius 2 is 1.91 bits per heavy atom. The Balaban J connectivity index is 1.86. The Morgan fingerprint density at radius 1 is 1.17 bits per heavy atom. The third kappa shape index (κ3) is 3.04. The van der Waals surface area contributed by atoms with Crippen molar-refractivity contribution in [2.45, 2.75) is 13.0 Å². The predicted molar refractivity (Wildman–Crippen MR) is 89.1 cm³/mol. The number of nitrogens with zero attached hydrogens (tertiary/aromatic N) is 1. The van der Waals surface area contributed by atoms with Crippen molar-refractivity contribution in [3.05, 3.63) is 67.6 Å². The summed E-state index contributed by atoms with van der Waals surface area (Å²) in [4.78, 5) is 26.9. The van der Waals surface area contributed by atoms with Gasteiger partial charge >= 0.3 is 5.69 Å². The lowest BCUT2D eigenvalue weighted by Gasteiger charge is -2.16. The molecule has 0 aliphatic rings. The van der Waals surface area contributed by atoms with Crippen molar-refractivity contribution < 1.29 is 4.92 Å². The summed E-state index contributed by atoms with van der Waals surface area (Å²) in [5.74, 6) is 0. The van der Waals surface area contributed by atoms with Crippen LogP contribution in [-0.4, -0.2) is 14.9 Å². The number of nitro benzene ring substituents is 1. The Kier molecular flexibility index (Phi) is 3.79. The van der Waals surface area contributed by atoms with Crippen molar-refractivity contribution in [1.29, 1.82) is 0 Å². The SMILES string of the molecule is C[C@@H](Nc1ccc([N+](=O)[O-])cc1Cl)c1ccc2[nH]c(=O)[nH]c2c1. The lowest BCUT2D eigenvalue weighted by Crippen LogP contribution is -2.07. The second-order valence-corrected chi connectivity index (χ2v) is 5.58. The fourth-order valence-electron chi connectivity index (χ4n) is 2.37. The highest BCUT2D eigenvalue weighted by Crippen LogP contribution is 2.30. The van der Waals surface area contributed by atoms with Crippen LogP contribution in [0.5, 0.6) is 0 Å². The molecule has 0 unspecified atom stereocenters. The number of non-ortho nitro benzene ring substituents is 1. The van der Waals surface area contributed by atoms with Gasteiger partial charge in [-0.2, -0.15) is 0 Å². The molecule has 8 heteroatoms. The third-order valence-electron chi connectivity index (χ3n) is 3.58. The molecule has 7 nitrogen and oxygen atoms in total. The molecule has 0 saturated carbocycles. The highest BCUT2D eigenvalue weighted by molar-refractivity contribution is 6.33. The molecule has 0 saturated heterocycles. The Morgan fingerprint density at radius 3 is 2.61 bits per heavy atom. The van der Waals surface area contributed by atoms with Gasteiger partial charge in [-0.15, -0.1) is 0 Å². The van der Waals surface area contributed by atoms with Crippen molar-refractivity contribution in [3.63, 3.8) is 0 Å². The zero-order chi connectivity index (χ0) is 16.6. The van der Waals surface area contributed by atoms with Gasteiger partial charge < -0.3 is 15.3 Å². The monoisotopic (exact) mass is 332 g/mol. The number of nitro groups is 1. The number of rotatable bonds is 4. The minimum Gasteiger partial charge on any atom is -0.377 e. The Labute approximate surface area is 135 Å². The summed E-state index contributed by atoms with van der Waals surface area (Å²) in [6, 6.07) is 9.76. The summed E-state index contributed by atoms with van der Waals surface area (Å²) in [5.41, 5.74) is 2.69. The molecular weight excluding hydrogens is 320 g/mol. The minimum absolute atomic E-state index is 0.0560. The van der Waals surface area contributed by atoms with Gasteiger partial charge in [0.1, 0.15) is 0 Å². The molecule has 0 aliphatic heterocycles. The van der Waals surface area contributed by atoms with Gasteiger partial charge in [-0.3, -0.25) is 10.1 Å². The number of aromatic amines is 2. The molecule has 1 aromatic heterocycles. The average molecular weight is 333 g/mol. The number of anilines is 1. The molecule has 3 rings (SSSR count). The molecular formula is C15H13ClN4O3. The average Bonchev–Trinajstić information content (AvgIpc) is 2.88. The lowest BCUT2D eigenvalue weighted by atomic mass is 10.1. The molecule has 0 aliphatic carbocycles. The number of halogens is 1. The molecule has 0 spiro atoms. The normalized spacial score (nSPS) is 12.3. The fraction of sp³-hybridized carbons (Fsp3) is 0.133. The fourth-order valence-corrected chi connectivity index (χ4v) is 2.60. The van der Waals surface area contributed by atoms with Crippen LogP contribution in [0.25, 0.3) is 11.0 Å². The van der Waals surface area contributed by atoms with E-state index in [2.05, 4.69) is 15.3 Å². The van der Waals surface area contributed by atoms with Crippen LogP contribution in [0.15, 0.2) is 41.2 Å². The molecule has 0 radical (unpaired) electrons. The molecule has 0 fully saturated rings. The summed E-state index contributed by atoms with van der Waals surface area (Å²) >= 11 is 6.08. The molecule has 118 valence electrons. The van der Waals surface area contributed by atoms with Gasteiger partial charge in [0.15, 0.2) is 0 Å². The number of benzene rings is 2. The lowest BCUT2D eigenvalue weighted by molar-refractivity contribution is -0.384. The van der Waals surface area contributed by atoms with Crippen LogP contribution in [0.1, 0.15) is 18.5 Å². The number of imidazole rings is 1. The first kappa shape index (κ1) is 15.1. The highest BCUT2D eigenvalue weighted by Gasteiger charge is 2.13. The number of aromatic nitrogens is 2. The van der Waals surface area contributed by atoms with Crippen molar-refractivity contribution in [2.75, 3.05) is 5.32 Å². The molecule has 0 amide bonds. The van der Waals surface area contributed by atoms with Crippen LogP contribution in [0, 0.1) is 10.1 Å². The van der Waals surface area contributed by atoms with E-state index in [1.54, 1.807) is 6.07 Å². The summed E-state index contributed by atoms with van der Waals surface area (Å²) < 4.78 is 0. The molecule has 3 aromatic rings. The summed E-state index contributed by atoms with van der Waals surface area (Å²) in [6.07, 6.45) is 0. The van der Waals surface area contributed by atoms with Crippen molar-refractivity contribution in [1.82, 2.24) is 9.97 Å². The van der Waals surface area contributed by atoms with Crippen molar-refractivity contribution in [3.8, 4) is 0 Å². The number of fused-ring (bicyclic) bond motifs is 1. The van der Waals surface area contributed by atoms with Crippen molar-refractivity contribution >= 4 is 34.0 Å². The van der Waals surface area contributed by atoms with E-state index in [-0.39, 0.29) is 22.4 Å². The molecule has 1 heterocycles. The topological polar surface area (TPSA) is 104 Å². The quantitative estimate of drug-likeness (QED) is 0.501. The number of hydrogen-bond donors (Lipinski definition) is 3. The van der Waals surface area contributed by atoms with E-state index in [1.165, 1.54) is 12.1 Å². The second-order valence-electron chi connectivity index (χ2n) is 5.17. The maximum absolute atomic E-state index is 11.3. The van der Waals surface area contributed by atoms with Crippen LogP contribution < -0.4 is 11.0 Å². The maximum atomic E-state index is 11.3. The minimum atomic E-state index is -0.491. The van der Waals surface area contributed by atoms with E-state index in [1.807, 2.05) is 25.1 Å². The largest absolute Gasteiger partial charge is 0.377 e. The van der Waals surface area contributed by atoms with Gasteiger partial charge in [0.25, 0.3) is 5.69 Å². The van der Waals surface area contributed by atoms with Crippen LogP contribution in [0.4, 0.5) is 11.4 Å². The molecule has 2 aromatic carbocycles. The van der Waals surface area contributed by atoms with Gasteiger partial charge in [0, 0.05) is 18.2 Å². The van der Waals surface area contributed by atoms with Crippen molar-refractivity contribution in [2.24, 2.45) is 0 Å². The molecule has 3 N–H and O–H groups in total. The molecule has 23 heavy (non-hydrogen) atoms. The smallest absolute Gasteiger partial charge is 0.323 e. The van der Waals surface area contributed by atoms with Crippen LogP contribution in [0.2, 0.25) is 5.02 Å². The number of H-pyrrole nitrogens is 2. The summed E-state index contributed by atoms with van der Waals surface area (Å²) in [7, 11) is 0. The first-order chi connectivity index (χ1) is 10.9. The summed E-state index contributed by atoms with van der Waals surface area (Å²) in [6.45, 7) is 1.93.